The third-order valence-electron chi connectivity index (χ3n) is 3.52. The van der Waals surface area contributed by atoms with E-state index >= 15 is 0 Å². The van der Waals surface area contributed by atoms with Crippen molar-refractivity contribution in [2.75, 3.05) is 5.32 Å². The summed E-state index contributed by atoms with van der Waals surface area (Å²) in [5.74, 6) is 0. The monoisotopic (exact) mass is 274 g/mol. The molecule has 0 amide bonds. The van der Waals surface area contributed by atoms with Crippen LogP contribution in [0.2, 0.25) is 0 Å². The highest BCUT2D eigenvalue weighted by Crippen LogP contribution is 2.27. The van der Waals surface area contributed by atoms with Crippen LogP contribution in [0.4, 0.5) is 5.69 Å². The fraction of sp³-hybridized carbons (Fsp3) is 0.105. The topological polar surface area (TPSA) is 24.9 Å². The van der Waals surface area contributed by atoms with Crippen molar-refractivity contribution in [3.8, 4) is 11.1 Å². The normalized spacial score (nSPS) is 10.3. The minimum Gasteiger partial charge on any atom is -0.380 e. The van der Waals surface area contributed by atoms with E-state index in [-0.39, 0.29) is 0 Å². The second-order valence-electron chi connectivity index (χ2n) is 5.12. The molecule has 0 aliphatic heterocycles. The average Bonchev–Trinajstić information content (AvgIpc) is 2.55. The second-order valence-corrected chi connectivity index (χ2v) is 5.12. The zero-order chi connectivity index (χ0) is 14.5. The minimum absolute atomic E-state index is 0.822. The number of hydrogen-bond acceptors (Lipinski definition) is 2. The lowest BCUT2D eigenvalue weighted by Gasteiger charge is -2.12. The Morgan fingerprint density at radius 3 is 2.33 bits per heavy atom. The number of benzene rings is 2. The van der Waals surface area contributed by atoms with Crippen molar-refractivity contribution in [1.82, 2.24) is 4.98 Å². The zero-order valence-corrected chi connectivity index (χ0v) is 12.1. The summed E-state index contributed by atoms with van der Waals surface area (Å²) >= 11 is 0. The highest BCUT2D eigenvalue weighted by Gasteiger charge is 2.03. The van der Waals surface area contributed by atoms with Crippen LogP contribution in [-0.4, -0.2) is 4.98 Å². The lowest BCUT2D eigenvalue weighted by Crippen LogP contribution is -2.00. The number of nitrogens with zero attached hydrogens (tertiary/aromatic N) is 1. The SMILES string of the molecule is Cc1ccc(CNc2ccccc2-c2ccncc2)cc1. The van der Waals surface area contributed by atoms with E-state index in [1.54, 1.807) is 0 Å². The molecule has 1 aromatic heterocycles. The quantitative estimate of drug-likeness (QED) is 0.748. The molecule has 1 heterocycles. The molecule has 0 fully saturated rings. The van der Waals surface area contributed by atoms with Gasteiger partial charge in [0.15, 0.2) is 0 Å². The average molecular weight is 274 g/mol. The van der Waals surface area contributed by atoms with E-state index < -0.39 is 0 Å². The van der Waals surface area contributed by atoms with Crippen molar-refractivity contribution in [3.63, 3.8) is 0 Å². The molecule has 1 N–H and O–H groups in total. The van der Waals surface area contributed by atoms with E-state index in [1.165, 1.54) is 22.3 Å². The van der Waals surface area contributed by atoms with E-state index in [0.29, 0.717) is 0 Å². The summed E-state index contributed by atoms with van der Waals surface area (Å²) in [6.07, 6.45) is 3.65. The molecule has 3 rings (SSSR count). The molecular formula is C19H18N2. The third kappa shape index (κ3) is 3.29. The molecule has 0 saturated heterocycles. The summed E-state index contributed by atoms with van der Waals surface area (Å²) in [6.45, 7) is 2.93. The van der Waals surface area contributed by atoms with Crippen molar-refractivity contribution in [2.45, 2.75) is 13.5 Å². The van der Waals surface area contributed by atoms with Gasteiger partial charge in [0.1, 0.15) is 0 Å². The molecule has 2 aromatic carbocycles. The first-order chi connectivity index (χ1) is 10.3. The summed E-state index contributed by atoms with van der Waals surface area (Å²) in [5, 5.41) is 3.53. The van der Waals surface area contributed by atoms with Gasteiger partial charge in [-0.1, -0.05) is 48.0 Å². The Bertz CT molecular complexity index is 703. The maximum atomic E-state index is 4.08. The molecule has 0 atom stereocenters. The molecule has 3 aromatic rings. The van der Waals surface area contributed by atoms with E-state index in [4.69, 9.17) is 0 Å². The number of aromatic nitrogens is 1. The Morgan fingerprint density at radius 1 is 0.857 bits per heavy atom. The van der Waals surface area contributed by atoms with E-state index in [0.717, 1.165) is 12.2 Å². The first-order valence-electron chi connectivity index (χ1n) is 7.12. The lowest BCUT2D eigenvalue weighted by molar-refractivity contribution is 1.14. The summed E-state index contributed by atoms with van der Waals surface area (Å²) in [7, 11) is 0. The Labute approximate surface area is 125 Å². The fourth-order valence-electron chi connectivity index (χ4n) is 2.32. The maximum Gasteiger partial charge on any atom is 0.0422 e. The van der Waals surface area contributed by atoms with Gasteiger partial charge in [-0.2, -0.15) is 0 Å². The number of aryl methyl sites for hydroxylation is 1. The molecule has 21 heavy (non-hydrogen) atoms. The Balaban J connectivity index is 1.81. The van der Waals surface area contributed by atoms with E-state index in [2.05, 4.69) is 65.8 Å². The Hall–Kier alpha value is -2.61. The molecule has 2 nitrogen and oxygen atoms in total. The Kier molecular flexibility index (Phi) is 3.97. The molecule has 0 radical (unpaired) electrons. The lowest BCUT2D eigenvalue weighted by atomic mass is 10.0. The predicted octanol–water partition coefficient (Wildman–Crippen LogP) is 4.67. The van der Waals surface area contributed by atoms with Crippen LogP contribution in [0.25, 0.3) is 11.1 Å². The van der Waals surface area contributed by atoms with Crippen LogP contribution in [-0.2, 0) is 6.54 Å². The highest BCUT2D eigenvalue weighted by atomic mass is 14.9. The van der Waals surface area contributed by atoms with Crippen LogP contribution >= 0.6 is 0 Å². The third-order valence-corrected chi connectivity index (χ3v) is 3.52. The molecule has 0 unspecified atom stereocenters. The maximum absolute atomic E-state index is 4.08. The van der Waals surface area contributed by atoms with Crippen LogP contribution in [0.5, 0.6) is 0 Å². The minimum atomic E-state index is 0.822. The van der Waals surface area contributed by atoms with Crippen molar-refractivity contribution in [3.05, 3.63) is 84.2 Å². The van der Waals surface area contributed by atoms with Crippen molar-refractivity contribution < 1.29 is 0 Å². The standard InChI is InChI=1S/C19H18N2/c1-15-6-8-16(9-7-15)14-21-19-5-3-2-4-18(19)17-10-12-20-13-11-17/h2-13,21H,14H2,1H3. The van der Waals surface area contributed by atoms with Crippen molar-refractivity contribution in [2.24, 2.45) is 0 Å². The largest absolute Gasteiger partial charge is 0.380 e. The molecule has 0 saturated carbocycles. The van der Waals surface area contributed by atoms with Gasteiger partial charge >= 0.3 is 0 Å². The summed E-state index contributed by atoms with van der Waals surface area (Å²) in [6, 6.07) is 21.1. The predicted molar refractivity (Wildman–Crippen MR) is 88.2 cm³/mol. The van der Waals surface area contributed by atoms with Gasteiger partial charge in [0.25, 0.3) is 0 Å². The Morgan fingerprint density at radius 2 is 1.57 bits per heavy atom. The van der Waals surface area contributed by atoms with E-state index in [9.17, 15) is 0 Å². The van der Waals surface area contributed by atoms with Crippen LogP contribution in [0.15, 0.2) is 73.1 Å². The van der Waals surface area contributed by atoms with Crippen LogP contribution in [0.3, 0.4) is 0 Å². The van der Waals surface area contributed by atoms with Crippen LogP contribution in [0, 0.1) is 6.92 Å². The van der Waals surface area contributed by atoms with Gasteiger partial charge in [-0.25, -0.2) is 0 Å². The van der Waals surface area contributed by atoms with Gasteiger partial charge in [0.2, 0.25) is 0 Å². The van der Waals surface area contributed by atoms with Gasteiger partial charge in [-0.3, -0.25) is 4.98 Å². The molecule has 104 valence electrons. The summed E-state index contributed by atoms with van der Waals surface area (Å²) in [4.78, 5) is 4.08. The molecule has 2 heteroatoms. The summed E-state index contributed by atoms with van der Waals surface area (Å²) in [5.41, 5.74) is 6.09. The van der Waals surface area contributed by atoms with Gasteiger partial charge < -0.3 is 5.32 Å². The smallest absolute Gasteiger partial charge is 0.0422 e. The number of rotatable bonds is 4. The second kappa shape index (κ2) is 6.23. The first-order valence-corrected chi connectivity index (χ1v) is 7.12. The number of para-hydroxylation sites is 1. The zero-order valence-electron chi connectivity index (χ0n) is 12.1. The number of nitrogens with one attached hydrogen (secondary N) is 1. The number of pyridine rings is 1. The van der Waals surface area contributed by atoms with Gasteiger partial charge in [-0.15, -0.1) is 0 Å². The number of hydrogen-bond donors (Lipinski definition) is 1. The van der Waals surface area contributed by atoms with Crippen molar-refractivity contribution >= 4 is 5.69 Å². The first kappa shape index (κ1) is 13.4. The van der Waals surface area contributed by atoms with Gasteiger partial charge in [0.05, 0.1) is 0 Å². The van der Waals surface area contributed by atoms with Crippen molar-refractivity contribution in [1.29, 1.82) is 0 Å². The van der Waals surface area contributed by atoms with Gasteiger partial charge in [0, 0.05) is 30.2 Å². The molecule has 0 bridgehead atoms. The summed E-state index contributed by atoms with van der Waals surface area (Å²) < 4.78 is 0. The number of anilines is 1. The van der Waals surface area contributed by atoms with Gasteiger partial charge in [-0.05, 0) is 36.2 Å². The molecular weight excluding hydrogens is 256 g/mol. The molecule has 0 aliphatic carbocycles. The molecule has 0 spiro atoms. The van der Waals surface area contributed by atoms with E-state index in [1.807, 2.05) is 24.5 Å². The fourth-order valence-corrected chi connectivity index (χ4v) is 2.32. The molecule has 0 aliphatic rings. The highest BCUT2D eigenvalue weighted by molar-refractivity contribution is 5.77. The van der Waals surface area contributed by atoms with Crippen LogP contribution < -0.4 is 5.32 Å². The van der Waals surface area contributed by atoms with Crippen LogP contribution in [0.1, 0.15) is 11.1 Å².